The van der Waals surface area contributed by atoms with Crippen LogP contribution in [0.1, 0.15) is 0 Å². The number of aliphatic hydroxyl groups excluding tert-OH is 1. The molecule has 0 aromatic carbocycles. The summed E-state index contributed by atoms with van der Waals surface area (Å²) in [6.45, 7) is 0. The number of carbonyl (C=O) groups is 1. The maximum atomic E-state index is 12.7. The Hall–Kier alpha value is -1.17. The molecule has 0 saturated heterocycles. The van der Waals surface area contributed by atoms with Gasteiger partial charge in [-0.1, -0.05) is 0 Å². The first-order chi connectivity index (χ1) is 5.04. The van der Waals surface area contributed by atoms with Crippen LogP contribution in [-0.2, 0) is 0 Å². The minimum atomic E-state index is -1.78. The van der Waals surface area contributed by atoms with Crippen molar-refractivity contribution in [1.82, 2.24) is 4.90 Å². The summed E-state index contributed by atoms with van der Waals surface area (Å²) in [7, 11) is 1.25. The summed E-state index contributed by atoms with van der Waals surface area (Å²) in [5, 5.41) is 8.96. The number of urea groups is 1. The van der Waals surface area contributed by atoms with E-state index in [1.165, 1.54) is 7.05 Å². The maximum absolute atomic E-state index is 12.7. The van der Waals surface area contributed by atoms with Crippen molar-refractivity contribution in [1.29, 1.82) is 0 Å². The van der Waals surface area contributed by atoms with Crippen molar-refractivity contribution in [3.8, 4) is 0 Å². The Kier molecular flexibility index (Phi) is 1.77. The van der Waals surface area contributed by atoms with E-state index in [-0.39, 0.29) is 0 Å². The zero-order valence-electron chi connectivity index (χ0n) is 5.86. The van der Waals surface area contributed by atoms with Crippen molar-refractivity contribution in [2.24, 2.45) is 10.7 Å². The Bertz CT molecular complexity index is 218. The first-order valence-electron chi connectivity index (χ1n) is 2.97. The summed E-state index contributed by atoms with van der Waals surface area (Å²) in [6, 6.07) is -0.732. The average Bonchev–Trinajstić information content (AvgIpc) is 1.97. The summed E-state index contributed by atoms with van der Waals surface area (Å²) in [5.41, 5.74) is 4.99. The van der Waals surface area contributed by atoms with Crippen molar-refractivity contribution in [3.63, 3.8) is 0 Å². The molecule has 0 spiro atoms. The van der Waals surface area contributed by atoms with E-state index < -0.39 is 24.3 Å². The largest absolute Gasteiger partial charge is 0.384 e. The monoisotopic (exact) mass is 161 g/mol. The second-order valence-electron chi connectivity index (χ2n) is 2.25. The summed E-state index contributed by atoms with van der Waals surface area (Å²) in [5.74, 6) is -0.472. The van der Waals surface area contributed by atoms with Crippen molar-refractivity contribution in [2.75, 3.05) is 7.05 Å². The molecule has 1 rings (SSSR count). The second kappa shape index (κ2) is 2.46. The highest BCUT2D eigenvalue weighted by molar-refractivity contribution is 5.98. The Morgan fingerprint density at radius 1 is 1.82 bits per heavy atom. The standard InChI is InChI=1S/C5H8FN3O2/c1-9-4(10)2(6)3(7)8-5(9)11/h2,4,10H,1H3,(H2,7,8,11)/t2-,4-/m1/s1. The molecule has 3 N–H and O–H groups in total. The molecule has 2 atom stereocenters. The lowest BCUT2D eigenvalue weighted by atomic mass is 10.2. The number of nitrogens with two attached hydrogens (primary N) is 1. The van der Waals surface area contributed by atoms with Crippen LogP contribution in [0.3, 0.4) is 0 Å². The molecule has 62 valence electrons. The molecule has 2 amide bonds. The minimum absolute atomic E-state index is 0.472. The zero-order chi connectivity index (χ0) is 8.59. The van der Waals surface area contributed by atoms with Gasteiger partial charge in [-0.05, 0) is 0 Å². The summed E-state index contributed by atoms with van der Waals surface area (Å²) >= 11 is 0. The van der Waals surface area contributed by atoms with Gasteiger partial charge in [-0.15, -0.1) is 0 Å². The van der Waals surface area contributed by atoms with Gasteiger partial charge in [0.15, 0.2) is 6.23 Å². The van der Waals surface area contributed by atoms with Crippen LogP contribution in [0.25, 0.3) is 0 Å². The van der Waals surface area contributed by atoms with Crippen molar-refractivity contribution in [2.45, 2.75) is 12.4 Å². The van der Waals surface area contributed by atoms with Gasteiger partial charge < -0.3 is 10.8 Å². The summed E-state index contributed by atoms with van der Waals surface area (Å²) < 4.78 is 12.7. The molecule has 0 unspecified atom stereocenters. The van der Waals surface area contributed by atoms with E-state index >= 15 is 0 Å². The van der Waals surface area contributed by atoms with Gasteiger partial charge in [-0.2, -0.15) is 4.99 Å². The Morgan fingerprint density at radius 2 is 2.36 bits per heavy atom. The van der Waals surface area contributed by atoms with Crippen molar-refractivity contribution in [3.05, 3.63) is 0 Å². The topological polar surface area (TPSA) is 78.9 Å². The molecule has 11 heavy (non-hydrogen) atoms. The fourth-order valence-electron chi connectivity index (χ4n) is 0.713. The fourth-order valence-corrected chi connectivity index (χ4v) is 0.713. The molecule has 0 radical (unpaired) electrons. The van der Waals surface area contributed by atoms with Gasteiger partial charge in [-0.3, -0.25) is 4.90 Å². The Labute approximate surface area is 62.3 Å². The van der Waals surface area contributed by atoms with Gasteiger partial charge in [-0.25, -0.2) is 9.18 Å². The fraction of sp³-hybridized carbons (Fsp3) is 0.600. The van der Waals surface area contributed by atoms with Gasteiger partial charge in [0.1, 0.15) is 5.84 Å². The van der Waals surface area contributed by atoms with Gasteiger partial charge in [0.2, 0.25) is 6.17 Å². The quantitative estimate of drug-likeness (QED) is 0.481. The lowest BCUT2D eigenvalue weighted by Gasteiger charge is -2.27. The molecule has 1 aliphatic rings. The van der Waals surface area contributed by atoms with E-state index in [1.54, 1.807) is 0 Å². The van der Waals surface area contributed by atoms with Gasteiger partial charge in [0.05, 0.1) is 0 Å². The minimum Gasteiger partial charge on any atom is -0.384 e. The van der Waals surface area contributed by atoms with E-state index in [1.807, 2.05) is 0 Å². The number of alkyl halides is 1. The lowest BCUT2D eigenvalue weighted by Crippen LogP contribution is -2.51. The third-order valence-electron chi connectivity index (χ3n) is 1.47. The van der Waals surface area contributed by atoms with Crippen LogP contribution >= 0.6 is 0 Å². The molecule has 0 aromatic heterocycles. The zero-order valence-corrected chi connectivity index (χ0v) is 5.86. The van der Waals surface area contributed by atoms with E-state index in [9.17, 15) is 9.18 Å². The highest BCUT2D eigenvalue weighted by atomic mass is 19.1. The predicted octanol–water partition coefficient (Wildman–Crippen LogP) is -0.935. The molecule has 0 fully saturated rings. The number of amidine groups is 1. The summed E-state index contributed by atoms with van der Waals surface area (Å²) in [4.78, 5) is 14.6. The molecule has 1 aliphatic heterocycles. The predicted molar refractivity (Wildman–Crippen MR) is 35.7 cm³/mol. The lowest BCUT2D eigenvalue weighted by molar-refractivity contribution is 0.00460. The van der Waals surface area contributed by atoms with Crippen LogP contribution in [0.15, 0.2) is 4.99 Å². The third-order valence-corrected chi connectivity index (χ3v) is 1.47. The number of amides is 2. The van der Waals surface area contributed by atoms with E-state index in [0.29, 0.717) is 0 Å². The van der Waals surface area contributed by atoms with Crippen LogP contribution in [0, 0.1) is 0 Å². The Morgan fingerprint density at radius 3 is 2.91 bits per heavy atom. The number of hydrogen-bond acceptors (Lipinski definition) is 3. The molecular weight excluding hydrogens is 153 g/mol. The van der Waals surface area contributed by atoms with Crippen LogP contribution in [0.4, 0.5) is 9.18 Å². The highest BCUT2D eigenvalue weighted by Crippen LogP contribution is 2.10. The number of aliphatic imine (C=N–C) groups is 1. The van der Waals surface area contributed by atoms with Crippen LogP contribution in [0.5, 0.6) is 0 Å². The second-order valence-corrected chi connectivity index (χ2v) is 2.25. The first kappa shape index (κ1) is 7.93. The number of nitrogens with zero attached hydrogens (tertiary/aromatic N) is 2. The Balaban J connectivity index is 2.92. The van der Waals surface area contributed by atoms with E-state index in [4.69, 9.17) is 10.8 Å². The van der Waals surface area contributed by atoms with Crippen molar-refractivity contribution < 1.29 is 14.3 Å². The molecule has 0 aromatic rings. The SMILES string of the molecule is CN1C(=O)N=C(N)[C@@H](F)[C@H]1O. The average molecular weight is 161 g/mol. The van der Waals surface area contributed by atoms with E-state index in [0.717, 1.165) is 4.90 Å². The highest BCUT2D eigenvalue weighted by Gasteiger charge is 2.33. The third kappa shape index (κ3) is 1.16. The molecule has 0 bridgehead atoms. The normalized spacial score (nSPS) is 32.1. The van der Waals surface area contributed by atoms with Crippen LogP contribution in [-0.4, -0.2) is 41.3 Å². The van der Waals surface area contributed by atoms with Crippen molar-refractivity contribution >= 4 is 11.9 Å². The van der Waals surface area contributed by atoms with E-state index in [2.05, 4.69) is 4.99 Å². The van der Waals surface area contributed by atoms with Gasteiger partial charge in [0.25, 0.3) is 0 Å². The number of carbonyl (C=O) groups excluding carboxylic acids is 1. The molecule has 5 nitrogen and oxygen atoms in total. The van der Waals surface area contributed by atoms with Crippen LogP contribution < -0.4 is 5.73 Å². The number of rotatable bonds is 0. The summed E-state index contributed by atoms with van der Waals surface area (Å²) in [6.07, 6.45) is -3.29. The van der Waals surface area contributed by atoms with Gasteiger partial charge >= 0.3 is 6.03 Å². The molecule has 0 saturated carbocycles. The number of aliphatic hydroxyl groups is 1. The van der Waals surface area contributed by atoms with Gasteiger partial charge in [0, 0.05) is 7.05 Å². The molecular formula is C5H8FN3O2. The smallest absolute Gasteiger partial charge is 0.347 e. The molecule has 0 aliphatic carbocycles. The molecule has 1 heterocycles. The molecule has 6 heteroatoms. The number of halogens is 1. The number of hydrogen-bond donors (Lipinski definition) is 2. The maximum Gasteiger partial charge on any atom is 0.347 e. The van der Waals surface area contributed by atoms with Crippen LogP contribution in [0.2, 0.25) is 0 Å². The first-order valence-corrected chi connectivity index (χ1v) is 2.97.